The summed E-state index contributed by atoms with van der Waals surface area (Å²) in [6, 6.07) is 11.7. The van der Waals surface area contributed by atoms with E-state index in [0.717, 1.165) is 16.8 Å². The molecule has 9 nitrogen and oxygen atoms in total. The number of rotatable bonds is 7. The van der Waals surface area contributed by atoms with Crippen LogP contribution in [0, 0.1) is 17.7 Å². The fourth-order valence-corrected chi connectivity index (χ4v) is 5.19. The zero-order chi connectivity index (χ0) is 27.3. The lowest BCUT2D eigenvalue weighted by molar-refractivity contribution is 0.0750. The molecule has 0 unspecified atom stereocenters. The van der Waals surface area contributed by atoms with Crippen molar-refractivity contribution in [3.05, 3.63) is 83.7 Å². The van der Waals surface area contributed by atoms with Gasteiger partial charge < -0.3 is 15.4 Å². The van der Waals surface area contributed by atoms with Gasteiger partial charge in [-0.2, -0.15) is 5.10 Å². The number of aromatic nitrogens is 5. The van der Waals surface area contributed by atoms with Gasteiger partial charge in [0.15, 0.2) is 0 Å². The van der Waals surface area contributed by atoms with Gasteiger partial charge in [0.25, 0.3) is 5.91 Å². The number of benzene rings is 1. The first-order valence-electron chi connectivity index (χ1n) is 13.1. The van der Waals surface area contributed by atoms with Crippen molar-refractivity contribution < 1.29 is 13.9 Å². The average Bonchev–Trinajstić information content (AvgIpc) is 3.28. The van der Waals surface area contributed by atoms with Crippen molar-refractivity contribution in [1.29, 1.82) is 0 Å². The molecule has 1 aliphatic heterocycles. The largest absolute Gasteiger partial charge is 0.474 e. The first-order chi connectivity index (χ1) is 18.7. The number of carbonyl (C=O) groups excluding carboxylic acids is 1. The van der Waals surface area contributed by atoms with Crippen LogP contribution in [0.25, 0.3) is 17.2 Å². The maximum Gasteiger partial charge on any atom is 0.257 e. The van der Waals surface area contributed by atoms with Crippen LogP contribution in [0.1, 0.15) is 42.4 Å². The molecule has 3 atom stereocenters. The maximum atomic E-state index is 13.5. The molecule has 39 heavy (non-hydrogen) atoms. The summed E-state index contributed by atoms with van der Waals surface area (Å²) in [5.74, 6) is 1.04. The van der Waals surface area contributed by atoms with E-state index in [0.29, 0.717) is 42.6 Å². The molecule has 0 radical (unpaired) electrons. The lowest BCUT2D eigenvalue weighted by atomic mass is 9.95. The number of pyridine rings is 1. The molecule has 1 saturated carbocycles. The summed E-state index contributed by atoms with van der Waals surface area (Å²) < 4.78 is 21.4. The molecule has 2 N–H and O–H groups in total. The Morgan fingerprint density at radius 2 is 1.82 bits per heavy atom. The molecule has 200 valence electrons. The van der Waals surface area contributed by atoms with Crippen molar-refractivity contribution in [2.24, 2.45) is 17.6 Å². The summed E-state index contributed by atoms with van der Waals surface area (Å²) in [7, 11) is 0. The van der Waals surface area contributed by atoms with Crippen LogP contribution in [0.2, 0.25) is 0 Å². The van der Waals surface area contributed by atoms with Gasteiger partial charge in [-0.25, -0.2) is 24.0 Å². The van der Waals surface area contributed by atoms with Crippen molar-refractivity contribution in [3.8, 4) is 23.1 Å². The van der Waals surface area contributed by atoms with Crippen LogP contribution < -0.4 is 10.5 Å². The van der Waals surface area contributed by atoms with E-state index in [1.165, 1.54) is 12.1 Å². The number of aryl methyl sites for hydroxylation is 1. The molecule has 6 rings (SSSR count). The second kappa shape index (κ2) is 9.53. The van der Waals surface area contributed by atoms with E-state index < -0.39 is 5.54 Å². The Morgan fingerprint density at radius 1 is 1.13 bits per heavy atom. The predicted octanol–water partition coefficient (Wildman–Crippen LogP) is 3.77. The first kappa shape index (κ1) is 25.1. The lowest BCUT2D eigenvalue weighted by Gasteiger charge is -2.22. The smallest absolute Gasteiger partial charge is 0.257 e. The highest BCUT2D eigenvalue weighted by Crippen LogP contribution is 2.48. The Kier molecular flexibility index (Phi) is 6.14. The van der Waals surface area contributed by atoms with E-state index in [9.17, 15) is 9.18 Å². The van der Waals surface area contributed by atoms with E-state index in [1.807, 2.05) is 37.8 Å². The van der Waals surface area contributed by atoms with Crippen molar-refractivity contribution >= 4 is 5.91 Å². The van der Waals surface area contributed by atoms with Gasteiger partial charge in [0.1, 0.15) is 11.9 Å². The highest BCUT2D eigenvalue weighted by molar-refractivity contribution is 5.95. The Balaban J connectivity index is 1.17. The molecule has 4 heterocycles. The first-order valence-corrected chi connectivity index (χ1v) is 13.1. The summed E-state index contributed by atoms with van der Waals surface area (Å²) in [6.07, 6.45) is 5.61. The fraction of sp³-hybridized carbons (Fsp3) is 0.345. The van der Waals surface area contributed by atoms with Crippen LogP contribution in [0.15, 0.2) is 61.1 Å². The summed E-state index contributed by atoms with van der Waals surface area (Å²) >= 11 is 0. The highest BCUT2D eigenvalue weighted by atomic mass is 19.1. The molecule has 0 bridgehead atoms. The number of hydrogen-bond acceptors (Lipinski definition) is 7. The van der Waals surface area contributed by atoms with Gasteiger partial charge in [-0.15, -0.1) is 0 Å². The molecule has 4 aromatic rings. The van der Waals surface area contributed by atoms with Gasteiger partial charge in [-0.3, -0.25) is 4.79 Å². The fourth-order valence-electron chi connectivity index (χ4n) is 5.19. The van der Waals surface area contributed by atoms with E-state index in [-0.39, 0.29) is 29.7 Å². The number of piperidine rings is 1. The van der Waals surface area contributed by atoms with Crippen LogP contribution >= 0.6 is 0 Å². The number of carbonyl (C=O) groups is 1. The van der Waals surface area contributed by atoms with Gasteiger partial charge in [-0.05, 0) is 62.2 Å². The minimum atomic E-state index is -0.606. The van der Waals surface area contributed by atoms with Crippen LogP contribution in [-0.4, -0.2) is 54.7 Å². The third-order valence-corrected chi connectivity index (χ3v) is 7.46. The number of fused-ring (bicyclic) bond motifs is 1. The van der Waals surface area contributed by atoms with Crippen LogP contribution in [0.3, 0.4) is 0 Å². The topological polar surface area (TPSA) is 112 Å². The molecule has 10 heteroatoms. The van der Waals surface area contributed by atoms with E-state index in [1.54, 1.807) is 41.5 Å². The van der Waals surface area contributed by atoms with Gasteiger partial charge in [0.05, 0.1) is 17.0 Å². The van der Waals surface area contributed by atoms with Crippen LogP contribution in [-0.2, 0) is 12.0 Å². The molecule has 1 amide bonds. The molecule has 1 aromatic carbocycles. The Bertz CT molecular complexity index is 1500. The second-order valence-electron chi connectivity index (χ2n) is 10.8. The number of likely N-dealkylation sites (tertiary alicyclic amines) is 1. The summed E-state index contributed by atoms with van der Waals surface area (Å²) in [5.41, 5.74) is 9.43. The van der Waals surface area contributed by atoms with E-state index in [2.05, 4.69) is 15.1 Å². The molecule has 3 aromatic heterocycles. The molecule has 1 aliphatic carbocycles. The zero-order valence-corrected chi connectivity index (χ0v) is 22.1. The summed E-state index contributed by atoms with van der Waals surface area (Å²) in [6.45, 7) is 7.04. The highest BCUT2D eigenvalue weighted by Gasteiger charge is 2.59. The maximum absolute atomic E-state index is 13.5. The molecule has 0 spiro atoms. The van der Waals surface area contributed by atoms with Crippen molar-refractivity contribution in [1.82, 2.24) is 29.6 Å². The van der Waals surface area contributed by atoms with Crippen LogP contribution in [0.5, 0.6) is 5.88 Å². The van der Waals surface area contributed by atoms with E-state index in [4.69, 9.17) is 15.5 Å². The SMILES string of the molecule is CCc1nn(-c2ncccn2)cc1C(=O)N1C[C@@H]2[C@H](C1)[C@@H]2Oc1cc(C(C)(C)N)cc(-c2ccc(F)cc2)n1. The number of nitrogens with zero attached hydrogens (tertiary/aromatic N) is 6. The monoisotopic (exact) mass is 527 g/mol. The Labute approximate surface area is 225 Å². The zero-order valence-electron chi connectivity index (χ0n) is 22.1. The molecule has 2 fully saturated rings. The third-order valence-electron chi connectivity index (χ3n) is 7.46. The van der Waals surface area contributed by atoms with Gasteiger partial charge in [0.2, 0.25) is 11.8 Å². The normalized spacial score (nSPS) is 20.1. The number of hydrogen-bond donors (Lipinski definition) is 1. The van der Waals surface area contributed by atoms with Gasteiger partial charge in [0, 0.05) is 60.7 Å². The van der Waals surface area contributed by atoms with Crippen LogP contribution in [0.4, 0.5) is 4.39 Å². The van der Waals surface area contributed by atoms with E-state index >= 15 is 0 Å². The second-order valence-corrected chi connectivity index (χ2v) is 10.8. The minimum Gasteiger partial charge on any atom is -0.474 e. The Morgan fingerprint density at radius 3 is 2.46 bits per heavy atom. The molecular weight excluding hydrogens is 497 g/mol. The number of ether oxygens (including phenoxy) is 1. The lowest BCUT2D eigenvalue weighted by Crippen LogP contribution is -2.33. The summed E-state index contributed by atoms with van der Waals surface area (Å²) in [5, 5.41) is 4.54. The molecular formula is C29H30FN7O2. The predicted molar refractivity (Wildman–Crippen MR) is 143 cm³/mol. The van der Waals surface area contributed by atoms with Gasteiger partial charge >= 0.3 is 0 Å². The standard InChI is InChI=1S/C29H30FN7O2/c1-4-23-22(16-37(35-23)28-32-10-5-11-33-28)27(38)36-14-20-21(15-36)26(20)39-25-13-18(29(2,3)31)12-24(34-25)17-6-8-19(30)9-7-17/h5-13,16,20-21,26H,4,14-15,31H2,1-3H3/t20-,21+,26-. The molecule has 2 aliphatic rings. The summed E-state index contributed by atoms with van der Waals surface area (Å²) in [4.78, 5) is 28.5. The number of halogens is 1. The Hall–Kier alpha value is -4.18. The quantitative estimate of drug-likeness (QED) is 0.389. The van der Waals surface area contributed by atoms with Crippen molar-refractivity contribution in [2.45, 2.75) is 38.8 Å². The molecule has 1 saturated heterocycles. The van der Waals surface area contributed by atoms with Crippen molar-refractivity contribution in [3.63, 3.8) is 0 Å². The average molecular weight is 528 g/mol. The number of amides is 1. The number of nitrogens with two attached hydrogens (primary N) is 1. The van der Waals surface area contributed by atoms with Gasteiger partial charge in [-0.1, -0.05) is 6.92 Å². The third kappa shape index (κ3) is 4.87. The minimum absolute atomic E-state index is 0.0233. The van der Waals surface area contributed by atoms with Crippen molar-refractivity contribution in [2.75, 3.05) is 13.1 Å².